The highest BCUT2D eigenvalue weighted by Crippen LogP contribution is 2.40. The number of hydrogen-bond acceptors (Lipinski definition) is 2. The lowest BCUT2D eigenvalue weighted by atomic mass is 10.0. The molecule has 116 valence electrons. The van der Waals surface area contributed by atoms with E-state index in [1.165, 1.54) is 5.56 Å². The smallest absolute Gasteiger partial charge is 0.192 e. The third kappa shape index (κ3) is 3.98. The standard InChI is InChI=1S/C18H28O2Si/c1-18(2,3)21(4,5)20-16-13-9-10-14-19-17(16)15-11-7-6-8-12-15/h6-8,10-12,14,16-17H,9,13H2,1-5H3/t16-,17-/m1/s1. The summed E-state index contributed by atoms with van der Waals surface area (Å²) in [6.45, 7) is 11.5. The first-order chi connectivity index (χ1) is 9.81. The highest BCUT2D eigenvalue weighted by atomic mass is 28.4. The molecule has 0 saturated heterocycles. The van der Waals surface area contributed by atoms with Crippen LogP contribution < -0.4 is 0 Å². The number of ether oxygens (including phenoxy) is 1. The summed E-state index contributed by atoms with van der Waals surface area (Å²) in [5, 5.41) is 0.216. The Morgan fingerprint density at radius 3 is 2.43 bits per heavy atom. The van der Waals surface area contributed by atoms with E-state index in [2.05, 4.69) is 64.2 Å². The minimum Gasteiger partial charge on any atom is -0.491 e. The van der Waals surface area contributed by atoms with Gasteiger partial charge in [-0.2, -0.15) is 0 Å². The van der Waals surface area contributed by atoms with Crippen LogP contribution in [-0.4, -0.2) is 14.4 Å². The summed E-state index contributed by atoms with van der Waals surface area (Å²) in [4.78, 5) is 0. The lowest BCUT2D eigenvalue weighted by Gasteiger charge is -2.41. The van der Waals surface area contributed by atoms with Gasteiger partial charge in [-0.05, 0) is 42.6 Å². The molecule has 1 aliphatic rings. The van der Waals surface area contributed by atoms with Crippen LogP contribution in [0.5, 0.6) is 0 Å². The van der Waals surface area contributed by atoms with Crippen LogP contribution in [0.2, 0.25) is 18.1 Å². The van der Waals surface area contributed by atoms with Gasteiger partial charge in [-0.3, -0.25) is 0 Å². The van der Waals surface area contributed by atoms with Gasteiger partial charge in [0.15, 0.2) is 8.32 Å². The molecule has 1 heterocycles. The summed E-state index contributed by atoms with van der Waals surface area (Å²) >= 11 is 0. The molecule has 21 heavy (non-hydrogen) atoms. The second kappa shape index (κ2) is 6.37. The first kappa shape index (κ1) is 16.3. The van der Waals surface area contributed by atoms with E-state index >= 15 is 0 Å². The van der Waals surface area contributed by atoms with Crippen molar-refractivity contribution in [2.45, 2.75) is 64.0 Å². The molecule has 0 radical (unpaired) electrons. The highest BCUT2D eigenvalue weighted by Gasteiger charge is 2.41. The number of hydrogen-bond donors (Lipinski definition) is 0. The van der Waals surface area contributed by atoms with Crippen LogP contribution in [0.1, 0.15) is 45.3 Å². The van der Waals surface area contributed by atoms with E-state index in [4.69, 9.17) is 9.16 Å². The summed E-state index contributed by atoms with van der Waals surface area (Å²) in [6.07, 6.45) is 6.10. The zero-order valence-electron chi connectivity index (χ0n) is 13.9. The molecule has 1 aromatic rings. The molecule has 0 N–H and O–H groups in total. The van der Waals surface area contributed by atoms with Gasteiger partial charge < -0.3 is 9.16 Å². The number of benzene rings is 1. The molecule has 2 atom stereocenters. The SMILES string of the molecule is CC(C)(C)[Si](C)(C)O[C@@H]1CCC=CO[C@@H]1c1ccccc1. The van der Waals surface area contributed by atoms with Gasteiger partial charge in [-0.15, -0.1) is 0 Å². The van der Waals surface area contributed by atoms with Crippen LogP contribution in [0.4, 0.5) is 0 Å². The third-order valence-corrected chi connectivity index (χ3v) is 9.16. The van der Waals surface area contributed by atoms with Crippen LogP contribution in [0.3, 0.4) is 0 Å². The Morgan fingerprint density at radius 1 is 1.14 bits per heavy atom. The first-order valence-electron chi connectivity index (χ1n) is 7.84. The molecule has 0 fully saturated rings. The van der Waals surface area contributed by atoms with Gasteiger partial charge in [0, 0.05) is 0 Å². The van der Waals surface area contributed by atoms with Crippen molar-refractivity contribution in [3.63, 3.8) is 0 Å². The van der Waals surface area contributed by atoms with Crippen molar-refractivity contribution >= 4 is 8.32 Å². The number of allylic oxidation sites excluding steroid dienone is 1. The van der Waals surface area contributed by atoms with Crippen molar-refractivity contribution in [2.24, 2.45) is 0 Å². The molecule has 1 aromatic carbocycles. The molecule has 0 saturated carbocycles. The van der Waals surface area contributed by atoms with Crippen LogP contribution in [-0.2, 0) is 9.16 Å². The average molecular weight is 305 g/mol. The molecule has 3 heteroatoms. The lowest BCUT2D eigenvalue weighted by Crippen LogP contribution is -2.45. The molecule has 0 aliphatic carbocycles. The second-order valence-electron chi connectivity index (χ2n) is 7.33. The number of rotatable bonds is 3. The molecule has 1 aliphatic heterocycles. The van der Waals surface area contributed by atoms with Crippen molar-refractivity contribution in [1.82, 2.24) is 0 Å². The van der Waals surface area contributed by atoms with Crippen LogP contribution in [0.15, 0.2) is 42.7 Å². The van der Waals surface area contributed by atoms with Crippen molar-refractivity contribution in [2.75, 3.05) is 0 Å². The maximum atomic E-state index is 6.66. The summed E-state index contributed by atoms with van der Waals surface area (Å²) in [6, 6.07) is 10.4. The quantitative estimate of drug-likeness (QED) is 0.692. The zero-order valence-corrected chi connectivity index (χ0v) is 14.9. The van der Waals surface area contributed by atoms with Gasteiger partial charge in [0.05, 0.1) is 12.4 Å². The van der Waals surface area contributed by atoms with E-state index in [0.717, 1.165) is 12.8 Å². The molecule has 0 aromatic heterocycles. The average Bonchev–Trinajstić information content (AvgIpc) is 2.63. The fraction of sp³-hybridized carbons (Fsp3) is 0.556. The Labute approximate surface area is 130 Å². The van der Waals surface area contributed by atoms with Crippen LogP contribution in [0.25, 0.3) is 0 Å². The fourth-order valence-electron chi connectivity index (χ4n) is 2.32. The maximum absolute atomic E-state index is 6.66. The highest BCUT2D eigenvalue weighted by molar-refractivity contribution is 6.74. The van der Waals surface area contributed by atoms with Gasteiger partial charge >= 0.3 is 0 Å². The predicted molar refractivity (Wildman–Crippen MR) is 90.7 cm³/mol. The van der Waals surface area contributed by atoms with Crippen molar-refractivity contribution in [1.29, 1.82) is 0 Å². The van der Waals surface area contributed by atoms with E-state index in [0.29, 0.717) is 0 Å². The fourth-order valence-corrected chi connectivity index (χ4v) is 3.67. The Balaban J connectivity index is 2.22. The summed E-state index contributed by atoms with van der Waals surface area (Å²) in [5.41, 5.74) is 1.20. The zero-order chi connectivity index (χ0) is 15.5. The normalized spacial score (nSPS) is 23.5. The van der Waals surface area contributed by atoms with E-state index in [1.807, 2.05) is 12.3 Å². The first-order valence-corrected chi connectivity index (χ1v) is 10.8. The Hall–Kier alpha value is -1.06. The van der Waals surface area contributed by atoms with Gasteiger partial charge in [-0.25, -0.2) is 0 Å². The summed E-state index contributed by atoms with van der Waals surface area (Å²) in [7, 11) is -1.80. The van der Waals surface area contributed by atoms with E-state index in [9.17, 15) is 0 Å². The third-order valence-electron chi connectivity index (χ3n) is 4.66. The monoisotopic (exact) mass is 304 g/mol. The molecule has 0 spiro atoms. The predicted octanol–water partition coefficient (Wildman–Crippen LogP) is 5.44. The van der Waals surface area contributed by atoms with Crippen molar-refractivity contribution in [3.8, 4) is 0 Å². The molecular weight excluding hydrogens is 276 g/mol. The van der Waals surface area contributed by atoms with E-state index in [-0.39, 0.29) is 17.2 Å². The Kier molecular flexibility index (Phi) is 4.94. The van der Waals surface area contributed by atoms with Gasteiger partial charge in [0.2, 0.25) is 0 Å². The summed E-state index contributed by atoms with van der Waals surface area (Å²) < 4.78 is 12.6. The molecule has 0 unspecified atom stereocenters. The minimum absolute atomic E-state index is 0.000856. The molecular formula is C18H28O2Si. The van der Waals surface area contributed by atoms with Crippen molar-refractivity contribution in [3.05, 3.63) is 48.2 Å². The largest absolute Gasteiger partial charge is 0.491 e. The summed E-state index contributed by atoms with van der Waals surface area (Å²) in [5.74, 6) is 0. The molecule has 2 rings (SSSR count). The maximum Gasteiger partial charge on any atom is 0.192 e. The van der Waals surface area contributed by atoms with E-state index in [1.54, 1.807) is 0 Å². The molecule has 2 nitrogen and oxygen atoms in total. The van der Waals surface area contributed by atoms with Gasteiger partial charge in [-0.1, -0.05) is 51.1 Å². The minimum atomic E-state index is -1.80. The van der Waals surface area contributed by atoms with Crippen LogP contribution in [0, 0.1) is 0 Å². The molecule has 0 amide bonds. The Bertz CT molecular complexity index is 474. The van der Waals surface area contributed by atoms with Crippen molar-refractivity contribution < 1.29 is 9.16 Å². The topological polar surface area (TPSA) is 18.5 Å². The Morgan fingerprint density at radius 2 is 1.81 bits per heavy atom. The molecule has 0 bridgehead atoms. The van der Waals surface area contributed by atoms with E-state index < -0.39 is 8.32 Å². The lowest BCUT2D eigenvalue weighted by molar-refractivity contribution is 0.0168. The second-order valence-corrected chi connectivity index (χ2v) is 12.1. The van der Waals surface area contributed by atoms with Gasteiger partial charge in [0.1, 0.15) is 6.10 Å². The van der Waals surface area contributed by atoms with Crippen LogP contribution >= 0.6 is 0 Å². The van der Waals surface area contributed by atoms with Gasteiger partial charge in [0.25, 0.3) is 0 Å².